The predicted octanol–water partition coefficient (Wildman–Crippen LogP) is 3.23. The summed E-state index contributed by atoms with van der Waals surface area (Å²) in [7, 11) is 0. The number of nitrogens with one attached hydrogen (secondary N) is 1. The summed E-state index contributed by atoms with van der Waals surface area (Å²) in [5, 5.41) is 8.91. The Hall–Kier alpha value is -0.480. The average molecular weight is 267 g/mol. The van der Waals surface area contributed by atoms with Gasteiger partial charge in [0, 0.05) is 29.6 Å². The van der Waals surface area contributed by atoms with Crippen molar-refractivity contribution in [2.24, 2.45) is 0 Å². The molecule has 0 saturated carbocycles. The first-order valence-electron chi connectivity index (χ1n) is 7.22. The minimum absolute atomic E-state index is 0.489. The molecular formula is C14H25N3S. The van der Waals surface area contributed by atoms with Gasteiger partial charge in [-0.2, -0.15) is 16.9 Å². The van der Waals surface area contributed by atoms with Crippen LogP contribution >= 0.6 is 11.8 Å². The van der Waals surface area contributed by atoms with Gasteiger partial charge in [0.15, 0.2) is 0 Å². The molecule has 1 aromatic heterocycles. The van der Waals surface area contributed by atoms with Gasteiger partial charge in [0.25, 0.3) is 0 Å². The lowest BCUT2D eigenvalue weighted by Gasteiger charge is -2.23. The first kappa shape index (κ1) is 13.9. The van der Waals surface area contributed by atoms with Crippen molar-refractivity contribution in [1.82, 2.24) is 15.1 Å². The van der Waals surface area contributed by atoms with E-state index in [1.54, 1.807) is 0 Å². The summed E-state index contributed by atoms with van der Waals surface area (Å²) in [6, 6.07) is 0.489. The van der Waals surface area contributed by atoms with Crippen LogP contribution in [0.5, 0.6) is 0 Å². The molecule has 0 aliphatic carbocycles. The van der Waals surface area contributed by atoms with Crippen LogP contribution in [0.4, 0.5) is 0 Å². The molecule has 2 rings (SSSR count). The van der Waals surface area contributed by atoms with Crippen molar-refractivity contribution in [3.63, 3.8) is 0 Å². The largest absolute Gasteiger partial charge is 0.309 e. The number of aryl methyl sites for hydroxylation is 1. The van der Waals surface area contributed by atoms with Gasteiger partial charge in [-0.3, -0.25) is 4.68 Å². The standard InChI is InChI=1S/C14H25N3S/c1-3-7-15-14(13-6-5-9-18-13)12-10-16-17(11-12)8-4-2/h10-11,13-15H,3-9H2,1-2H3. The summed E-state index contributed by atoms with van der Waals surface area (Å²) in [6.07, 6.45) is 9.33. The van der Waals surface area contributed by atoms with Gasteiger partial charge in [-0.1, -0.05) is 13.8 Å². The molecule has 18 heavy (non-hydrogen) atoms. The van der Waals surface area contributed by atoms with E-state index in [2.05, 4.69) is 53.1 Å². The molecule has 0 radical (unpaired) electrons. The second-order valence-corrected chi connectivity index (χ2v) is 6.37. The Kier molecular flexibility index (Phi) is 5.57. The summed E-state index contributed by atoms with van der Waals surface area (Å²) >= 11 is 2.12. The first-order chi connectivity index (χ1) is 8.85. The van der Waals surface area contributed by atoms with Crippen LogP contribution in [0.2, 0.25) is 0 Å². The van der Waals surface area contributed by atoms with Crippen LogP contribution in [0.1, 0.15) is 51.1 Å². The molecule has 1 aliphatic heterocycles. The summed E-state index contributed by atoms with van der Waals surface area (Å²) < 4.78 is 2.08. The van der Waals surface area contributed by atoms with Crippen LogP contribution in [-0.2, 0) is 6.54 Å². The lowest BCUT2D eigenvalue weighted by atomic mass is 10.0. The van der Waals surface area contributed by atoms with Gasteiger partial charge in [0.05, 0.1) is 6.20 Å². The van der Waals surface area contributed by atoms with E-state index < -0.39 is 0 Å². The zero-order chi connectivity index (χ0) is 12.8. The molecule has 0 bridgehead atoms. The second kappa shape index (κ2) is 7.19. The number of hydrogen-bond acceptors (Lipinski definition) is 3. The maximum atomic E-state index is 4.47. The van der Waals surface area contributed by atoms with Gasteiger partial charge in [-0.15, -0.1) is 0 Å². The van der Waals surface area contributed by atoms with Crippen molar-refractivity contribution >= 4 is 11.8 Å². The zero-order valence-corrected chi connectivity index (χ0v) is 12.4. The minimum atomic E-state index is 0.489. The van der Waals surface area contributed by atoms with Crippen LogP contribution in [0.15, 0.2) is 12.4 Å². The SMILES string of the molecule is CCCNC(c1cnn(CCC)c1)C1CCCS1. The Balaban J connectivity index is 2.05. The maximum Gasteiger partial charge on any atom is 0.0538 e. The molecule has 1 saturated heterocycles. The fourth-order valence-electron chi connectivity index (χ4n) is 2.52. The fourth-order valence-corrected chi connectivity index (χ4v) is 3.94. The van der Waals surface area contributed by atoms with Crippen molar-refractivity contribution in [1.29, 1.82) is 0 Å². The number of aromatic nitrogens is 2. The number of nitrogens with zero attached hydrogens (tertiary/aromatic N) is 2. The van der Waals surface area contributed by atoms with Gasteiger partial charge in [-0.25, -0.2) is 0 Å². The Morgan fingerprint density at radius 1 is 1.50 bits per heavy atom. The van der Waals surface area contributed by atoms with Gasteiger partial charge >= 0.3 is 0 Å². The molecule has 0 amide bonds. The fraction of sp³-hybridized carbons (Fsp3) is 0.786. The van der Waals surface area contributed by atoms with Crippen LogP contribution in [0.25, 0.3) is 0 Å². The molecule has 1 aromatic rings. The van der Waals surface area contributed by atoms with Crippen LogP contribution in [0.3, 0.4) is 0 Å². The number of thioether (sulfide) groups is 1. The monoisotopic (exact) mass is 267 g/mol. The van der Waals surface area contributed by atoms with Gasteiger partial charge < -0.3 is 5.32 Å². The molecule has 2 atom stereocenters. The zero-order valence-electron chi connectivity index (χ0n) is 11.6. The summed E-state index contributed by atoms with van der Waals surface area (Å²) in [5.41, 5.74) is 1.37. The van der Waals surface area contributed by atoms with Gasteiger partial charge in [0.2, 0.25) is 0 Å². The van der Waals surface area contributed by atoms with Crippen LogP contribution in [0, 0.1) is 0 Å². The molecule has 0 spiro atoms. The highest BCUT2D eigenvalue weighted by Gasteiger charge is 2.27. The van der Waals surface area contributed by atoms with Crippen molar-refractivity contribution in [3.8, 4) is 0 Å². The maximum absolute atomic E-state index is 4.47. The molecule has 4 heteroatoms. The number of hydrogen-bond donors (Lipinski definition) is 1. The van der Waals surface area contributed by atoms with Gasteiger partial charge in [-0.05, 0) is 38.0 Å². The van der Waals surface area contributed by atoms with Gasteiger partial charge in [0.1, 0.15) is 0 Å². The van der Waals surface area contributed by atoms with E-state index in [-0.39, 0.29) is 0 Å². The molecule has 102 valence electrons. The topological polar surface area (TPSA) is 29.9 Å². The average Bonchev–Trinajstić information content (AvgIpc) is 3.02. The molecular weight excluding hydrogens is 242 g/mol. The van der Waals surface area contributed by atoms with Crippen molar-refractivity contribution in [2.75, 3.05) is 12.3 Å². The Bertz CT molecular complexity index is 345. The molecule has 0 aromatic carbocycles. The molecule has 1 fully saturated rings. The van der Waals surface area contributed by atoms with E-state index in [9.17, 15) is 0 Å². The first-order valence-corrected chi connectivity index (χ1v) is 8.27. The van der Waals surface area contributed by atoms with E-state index in [1.807, 2.05) is 0 Å². The lowest BCUT2D eigenvalue weighted by molar-refractivity contribution is 0.502. The second-order valence-electron chi connectivity index (χ2n) is 5.02. The highest BCUT2D eigenvalue weighted by atomic mass is 32.2. The van der Waals surface area contributed by atoms with Crippen molar-refractivity contribution < 1.29 is 0 Å². The highest BCUT2D eigenvalue weighted by molar-refractivity contribution is 8.00. The van der Waals surface area contributed by atoms with Crippen LogP contribution < -0.4 is 5.32 Å². The van der Waals surface area contributed by atoms with Crippen molar-refractivity contribution in [2.45, 2.75) is 57.4 Å². The predicted molar refractivity (Wildman–Crippen MR) is 79.0 cm³/mol. The van der Waals surface area contributed by atoms with E-state index >= 15 is 0 Å². The Morgan fingerprint density at radius 2 is 2.39 bits per heavy atom. The molecule has 1 N–H and O–H groups in total. The minimum Gasteiger partial charge on any atom is -0.309 e. The molecule has 2 heterocycles. The van der Waals surface area contributed by atoms with E-state index in [1.165, 1.54) is 30.6 Å². The molecule has 3 nitrogen and oxygen atoms in total. The quantitative estimate of drug-likeness (QED) is 0.822. The smallest absolute Gasteiger partial charge is 0.0538 e. The third-order valence-electron chi connectivity index (χ3n) is 3.42. The van der Waals surface area contributed by atoms with Crippen molar-refractivity contribution in [3.05, 3.63) is 18.0 Å². The summed E-state index contributed by atoms with van der Waals surface area (Å²) in [4.78, 5) is 0. The summed E-state index contributed by atoms with van der Waals surface area (Å²) in [6.45, 7) is 6.55. The third kappa shape index (κ3) is 3.51. The molecule has 2 unspecified atom stereocenters. The van der Waals surface area contributed by atoms with E-state index in [4.69, 9.17) is 0 Å². The normalized spacial score (nSPS) is 21.3. The molecule has 1 aliphatic rings. The van der Waals surface area contributed by atoms with E-state index in [0.29, 0.717) is 6.04 Å². The third-order valence-corrected chi connectivity index (χ3v) is 4.88. The Labute approximate surface area is 115 Å². The highest BCUT2D eigenvalue weighted by Crippen LogP contribution is 2.35. The lowest BCUT2D eigenvalue weighted by Crippen LogP contribution is -2.29. The summed E-state index contributed by atoms with van der Waals surface area (Å²) in [5.74, 6) is 1.32. The number of rotatable bonds is 7. The van der Waals surface area contributed by atoms with E-state index in [0.717, 1.165) is 24.8 Å². The Morgan fingerprint density at radius 3 is 3.06 bits per heavy atom. The van der Waals surface area contributed by atoms with Crippen LogP contribution in [-0.4, -0.2) is 27.3 Å².